The van der Waals surface area contributed by atoms with Gasteiger partial charge in [-0.15, -0.1) is 0 Å². The number of rotatable bonds is 0. The minimum atomic E-state index is 0.0364. The summed E-state index contributed by atoms with van der Waals surface area (Å²) in [6.45, 7) is 2.83. The smallest absolute Gasteiger partial charge is 0.310 e. The molecule has 2 nitrogen and oxygen atoms in total. The molecule has 1 saturated heterocycles. The highest BCUT2D eigenvalue weighted by Gasteiger charge is 2.60. The fourth-order valence-electron chi connectivity index (χ4n) is 3.14. The molecule has 1 heterocycles. The van der Waals surface area contributed by atoms with Crippen LogP contribution in [-0.4, -0.2) is 12.6 Å². The average Bonchev–Trinajstić information content (AvgIpc) is 2.63. The summed E-state index contributed by atoms with van der Waals surface area (Å²) in [6, 6.07) is 0. The Morgan fingerprint density at radius 3 is 3.17 bits per heavy atom. The highest BCUT2D eigenvalue weighted by molar-refractivity contribution is 5.77. The minimum Gasteiger partial charge on any atom is -0.465 e. The van der Waals surface area contributed by atoms with E-state index in [0.29, 0.717) is 18.4 Å². The Balaban J connectivity index is 2.10. The van der Waals surface area contributed by atoms with Crippen molar-refractivity contribution in [2.75, 3.05) is 6.61 Å². The molecule has 3 rings (SSSR count). The molecule has 0 aromatic carbocycles. The molecule has 2 fully saturated rings. The molecule has 12 heavy (non-hydrogen) atoms. The van der Waals surface area contributed by atoms with Crippen molar-refractivity contribution in [2.45, 2.75) is 13.3 Å². The van der Waals surface area contributed by atoms with Gasteiger partial charge in [0.1, 0.15) is 0 Å². The van der Waals surface area contributed by atoms with Gasteiger partial charge in [0.25, 0.3) is 0 Å². The Hall–Kier alpha value is -0.790. The van der Waals surface area contributed by atoms with E-state index in [1.165, 1.54) is 6.42 Å². The third-order valence-electron chi connectivity index (χ3n) is 3.88. The zero-order chi connectivity index (χ0) is 8.34. The van der Waals surface area contributed by atoms with Crippen LogP contribution in [0.4, 0.5) is 0 Å². The van der Waals surface area contributed by atoms with Crippen molar-refractivity contribution >= 4 is 5.97 Å². The van der Waals surface area contributed by atoms with Crippen LogP contribution in [0.2, 0.25) is 0 Å². The van der Waals surface area contributed by atoms with Gasteiger partial charge in [-0.1, -0.05) is 19.1 Å². The van der Waals surface area contributed by atoms with Crippen LogP contribution in [0.5, 0.6) is 0 Å². The molecule has 0 aromatic heterocycles. The molecular formula is C10H12O2. The first kappa shape index (κ1) is 6.70. The number of hydrogen-bond donors (Lipinski definition) is 0. The van der Waals surface area contributed by atoms with E-state index < -0.39 is 0 Å². The van der Waals surface area contributed by atoms with E-state index in [1.54, 1.807) is 0 Å². The lowest BCUT2D eigenvalue weighted by atomic mass is 9.72. The van der Waals surface area contributed by atoms with E-state index in [-0.39, 0.29) is 17.3 Å². The molecule has 2 bridgehead atoms. The lowest BCUT2D eigenvalue weighted by Gasteiger charge is -2.27. The summed E-state index contributed by atoms with van der Waals surface area (Å²) in [5.41, 5.74) is 0.135. The number of ether oxygens (including phenoxy) is 1. The van der Waals surface area contributed by atoms with Crippen LogP contribution in [-0.2, 0) is 9.53 Å². The number of carbonyl (C=O) groups is 1. The molecule has 1 saturated carbocycles. The molecule has 0 N–H and O–H groups in total. The van der Waals surface area contributed by atoms with E-state index in [1.807, 2.05) is 0 Å². The average molecular weight is 164 g/mol. The number of carbonyl (C=O) groups excluding carboxylic acids is 1. The molecule has 64 valence electrons. The van der Waals surface area contributed by atoms with Gasteiger partial charge in [0.2, 0.25) is 0 Å². The molecule has 2 aliphatic carbocycles. The fraction of sp³-hybridized carbons (Fsp3) is 0.700. The predicted octanol–water partition coefficient (Wildman–Crippen LogP) is 1.37. The number of hydrogen-bond acceptors (Lipinski definition) is 2. The van der Waals surface area contributed by atoms with E-state index >= 15 is 0 Å². The van der Waals surface area contributed by atoms with Crippen molar-refractivity contribution in [3.05, 3.63) is 12.2 Å². The number of esters is 1. The van der Waals surface area contributed by atoms with Crippen LogP contribution in [0, 0.1) is 23.2 Å². The summed E-state index contributed by atoms with van der Waals surface area (Å²) >= 11 is 0. The lowest BCUT2D eigenvalue weighted by Crippen LogP contribution is -2.31. The minimum absolute atomic E-state index is 0.0364. The summed E-state index contributed by atoms with van der Waals surface area (Å²) in [5.74, 6) is 1.29. The Morgan fingerprint density at radius 2 is 2.42 bits per heavy atom. The third kappa shape index (κ3) is 0.530. The summed E-state index contributed by atoms with van der Waals surface area (Å²) < 4.78 is 5.12. The van der Waals surface area contributed by atoms with Gasteiger partial charge in [0, 0.05) is 5.41 Å². The fourth-order valence-corrected chi connectivity index (χ4v) is 3.14. The Labute approximate surface area is 71.6 Å². The van der Waals surface area contributed by atoms with Crippen LogP contribution < -0.4 is 0 Å². The maximum atomic E-state index is 11.4. The molecule has 2 heteroatoms. The zero-order valence-electron chi connectivity index (χ0n) is 7.12. The van der Waals surface area contributed by atoms with Crippen LogP contribution in [0.3, 0.4) is 0 Å². The van der Waals surface area contributed by atoms with Crippen molar-refractivity contribution in [3.63, 3.8) is 0 Å². The quantitative estimate of drug-likeness (QED) is 0.399. The van der Waals surface area contributed by atoms with Crippen molar-refractivity contribution in [1.29, 1.82) is 0 Å². The summed E-state index contributed by atoms with van der Waals surface area (Å²) in [6.07, 6.45) is 5.64. The number of allylic oxidation sites excluding steroid dienone is 2. The summed E-state index contributed by atoms with van der Waals surface area (Å²) in [7, 11) is 0. The zero-order valence-corrected chi connectivity index (χ0v) is 7.12. The standard InChI is InChI=1S/C10H12O2/c1-10-5-12-9(11)8(10)6-2-3-7(10)4-6/h2-3,6-8H,4-5H2,1H3/t6-,7+,8+,10+/m1/s1. The SMILES string of the molecule is C[C@@]12COC(=O)[C@@H]1[C@@H]1C=C[C@H]2C1. The second-order valence-corrected chi connectivity index (χ2v) is 4.48. The molecule has 1 aliphatic heterocycles. The van der Waals surface area contributed by atoms with Gasteiger partial charge in [0.15, 0.2) is 0 Å². The molecular weight excluding hydrogens is 152 g/mol. The number of fused-ring (bicyclic) bond motifs is 5. The van der Waals surface area contributed by atoms with Gasteiger partial charge in [-0.3, -0.25) is 4.79 Å². The van der Waals surface area contributed by atoms with Crippen LogP contribution in [0.25, 0.3) is 0 Å². The van der Waals surface area contributed by atoms with Crippen LogP contribution in [0.1, 0.15) is 13.3 Å². The monoisotopic (exact) mass is 164 g/mol. The van der Waals surface area contributed by atoms with Crippen molar-refractivity contribution in [2.24, 2.45) is 23.2 Å². The lowest BCUT2D eigenvalue weighted by molar-refractivity contribution is -0.142. The Kier molecular flexibility index (Phi) is 0.980. The normalized spacial score (nSPS) is 54.4. The molecule has 0 spiro atoms. The van der Waals surface area contributed by atoms with Crippen LogP contribution >= 0.6 is 0 Å². The van der Waals surface area contributed by atoms with Gasteiger partial charge in [-0.25, -0.2) is 0 Å². The topological polar surface area (TPSA) is 26.3 Å². The molecule has 4 atom stereocenters. The largest absolute Gasteiger partial charge is 0.465 e. The Bertz CT molecular complexity index is 282. The summed E-state index contributed by atoms with van der Waals surface area (Å²) in [5, 5.41) is 0. The van der Waals surface area contributed by atoms with E-state index in [0.717, 1.165) is 0 Å². The van der Waals surface area contributed by atoms with Gasteiger partial charge < -0.3 is 4.74 Å². The highest BCUT2D eigenvalue weighted by atomic mass is 16.5. The second kappa shape index (κ2) is 1.76. The predicted molar refractivity (Wildman–Crippen MR) is 43.3 cm³/mol. The van der Waals surface area contributed by atoms with E-state index in [9.17, 15) is 4.79 Å². The molecule has 0 radical (unpaired) electrons. The van der Waals surface area contributed by atoms with Gasteiger partial charge in [-0.2, -0.15) is 0 Å². The first-order chi connectivity index (χ1) is 5.72. The summed E-state index contributed by atoms with van der Waals surface area (Å²) in [4.78, 5) is 11.4. The maximum absolute atomic E-state index is 11.4. The Morgan fingerprint density at radius 1 is 1.58 bits per heavy atom. The molecule has 0 amide bonds. The van der Waals surface area contributed by atoms with Crippen molar-refractivity contribution < 1.29 is 9.53 Å². The van der Waals surface area contributed by atoms with E-state index in [4.69, 9.17) is 4.74 Å². The van der Waals surface area contributed by atoms with Gasteiger partial charge in [-0.05, 0) is 18.3 Å². The van der Waals surface area contributed by atoms with Gasteiger partial charge >= 0.3 is 5.97 Å². The molecule has 3 aliphatic rings. The first-order valence-corrected chi connectivity index (χ1v) is 4.57. The molecule has 0 aromatic rings. The second-order valence-electron chi connectivity index (χ2n) is 4.48. The number of cyclic esters (lactones) is 1. The first-order valence-electron chi connectivity index (χ1n) is 4.57. The van der Waals surface area contributed by atoms with E-state index in [2.05, 4.69) is 19.1 Å². The maximum Gasteiger partial charge on any atom is 0.310 e. The molecule has 0 unspecified atom stereocenters. The highest BCUT2D eigenvalue weighted by Crippen LogP contribution is 2.59. The van der Waals surface area contributed by atoms with Crippen LogP contribution in [0.15, 0.2) is 12.2 Å². The third-order valence-corrected chi connectivity index (χ3v) is 3.88. The van der Waals surface area contributed by atoms with Crippen molar-refractivity contribution in [1.82, 2.24) is 0 Å². The van der Waals surface area contributed by atoms with Crippen molar-refractivity contribution in [3.8, 4) is 0 Å². The van der Waals surface area contributed by atoms with Gasteiger partial charge in [0.05, 0.1) is 12.5 Å².